The Balaban J connectivity index is 0.00000324. The molecule has 0 spiro atoms. The first-order valence-electron chi connectivity index (χ1n) is 5.02. The maximum absolute atomic E-state index is 12.9. The molecule has 3 N–H and O–H groups in total. The predicted octanol–water partition coefficient (Wildman–Crippen LogP) is 2.05. The van der Waals surface area contributed by atoms with Crippen molar-refractivity contribution >= 4 is 38.4 Å². The van der Waals surface area contributed by atoms with E-state index in [9.17, 15) is 17.2 Å². The number of hydrogen-bond donors (Lipinski definition) is 2. The van der Waals surface area contributed by atoms with E-state index >= 15 is 0 Å². The number of rotatable bonds is 5. The van der Waals surface area contributed by atoms with E-state index in [2.05, 4.69) is 15.9 Å². The average molecular weight is 380 g/mol. The lowest BCUT2D eigenvalue weighted by Crippen LogP contribution is -2.41. The molecule has 0 atom stereocenters. The lowest BCUT2D eigenvalue weighted by atomic mass is 10.2. The van der Waals surface area contributed by atoms with Crippen LogP contribution in [0.4, 0.5) is 8.78 Å². The Morgan fingerprint density at radius 2 is 2.00 bits per heavy atom. The van der Waals surface area contributed by atoms with E-state index in [-0.39, 0.29) is 17.3 Å². The largest absolute Gasteiger partial charge is 0.325 e. The second kappa shape index (κ2) is 6.94. The molecular formula is C10H14BrClF2N2O2S. The zero-order valence-electron chi connectivity index (χ0n) is 9.99. The van der Waals surface area contributed by atoms with Crippen molar-refractivity contribution in [3.8, 4) is 0 Å². The third kappa shape index (κ3) is 5.31. The van der Waals surface area contributed by atoms with Gasteiger partial charge in [0.1, 0.15) is 0 Å². The first kappa shape index (κ1) is 18.7. The standard InChI is InChI=1S/C10H13BrF2N2O2S.ClH/c1-7-2-3-9(8(11)4-7)18(16,17)15-6-10(12,13)5-14;/h2-4,15H,5-6,14H2,1H3;1H. The lowest BCUT2D eigenvalue weighted by Gasteiger charge is -2.15. The fourth-order valence-electron chi connectivity index (χ4n) is 1.17. The number of nitrogens with one attached hydrogen (secondary N) is 1. The molecule has 4 nitrogen and oxygen atoms in total. The van der Waals surface area contributed by atoms with Gasteiger partial charge in [0.25, 0.3) is 5.92 Å². The van der Waals surface area contributed by atoms with Gasteiger partial charge in [-0.25, -0.2) is 21.9 Å². The first-order chi connectivity index (χ1) is 8.18. The highest BCUT2D eigenvalue weighted by Crippen LogP contribution is 2.23. The van der Waals surface area contributed by atoms with Crippen molar-refractivity contribution in [2.45, 2.75) is 17.7 Å². The molecule has 0 amide bonds. The Labute approximate surface area is 125 Å². The number of sulfonamides is 1. The van der Waals surface area contributed by atoms with Gasteiger partial charge >= 0.3 is 0 Å². The summed E-state index contributed by atoms with van der Waals surface area (Å²) in [5, 5.41) is 0. The van der Waals surface area contributed by atoms with Crippen LogP contribution in [-0.4, -0.2) is 27.4 Å². The summed E-state index contributed by atoms with van der Waals surface area (Å²) in [5.41, 5.74) is 5.68. The Bertz CT molecular complexity index is 540. The zero-order chi connectivity index (χ0) is 14.0. The summed E-state index contributed by atoms with van der Waals surface area (Å²) in [6, 6.07) is 4.53. The van der Waals surface area contributed by atoms with Crippen LogP contribution in [0.1, 0.15) is 5.56 Å². The van der Waals surface area contributed by atoms with Crippen LogP contribution in [0.3, 0.4) is 0 Å². The van der Waals surface area contributed by atoms with E-state index in [1.807, 2.05) is 4.72 Å². The molecule has 9 heteroatoms. The second-order valence-electron chi connectivity index (χ2n) is 3.82. The van der Waals surface area contributed by atoms with Gasteiger partial charge in [-0.05, 0) is 40.5 Å². The van der Waals surface area contributed by atoms with Crippen LogP contribution < -0.4 is 10.5 Å². The molecular weight excluding hydrogens is 366 g/mol. The number of alkyl halides is 2. The smallest absolute Gasteiger partial charge is 0.273 e. The van der Waals surface area contributed by atoms with Crippen LogP contribution in [0.15, 0.2) is 27.6 Å². The quantitative estimate of drug-likeness (QED) is 0.822. The molecule has 0 aliphatic rings. The van der Waals surface area contributed by atoms with Crippen molar-refractivity contribution in [2.75, 3.05) is 13.1 Å². The van der Waals surface area contributed by atoms with Crippen LogP contribution in [0.25, 0.3) is 0 Å². The molecule has 0 aliphatic carbocycles. The van der Waals surface area contributed by atoms with Crippen LogP contribution >= 0.6 is 28.3 Å². The van der Waals surface area contributed by atoms with E-state index in [1.165, 1.54) is 6.07 Å². The Hall–Kier alpha value is -0.280. The number of halogens is 4. The second-order valence-corrected chi connectivity index (χ2v) is 6.41. The maximum Gasteiger partial charge on any atom is 0.273 e. The van der Waals surface area contributed by atoms with Crippen molar-refractivity contribution < 1.29 is 17.2 Å². The molecule has 0 bridgehead atoms. The molecule has 0 saturated heterocycles. The molecule has 0 unspecified atom stereocenters. The topological polar surface area (TPSA) is 72.2 Å². The summed E-state index contributed by atoms with van der Waals surface area (Å²) in [6.07, 6.45) is 0. The Morgan fingerprint density at radius 1 is 1.42 bits per heavy atom. The molecule has 0 heterocycles. The monoisotopic (exact) mass is 378 g/mol. The van der Waals surface area contributed by atoms with Crippen molar-refractivity contribution in [1.82, 2.24) is 4.72 Å². The fourth-order valence-corrected chi connectivity index (χ4v) is 3.43. The highest BCUT2D eigenvalue weighted by atomic mass is 79.9. The summed E-state index contributed by atoms with van der Waals surface area (Å²) < 4.78 is 51.6. The van der Waals surface area contributed by atoms with E-state index in [1.54, 1.807) is 19.1 Å². The minimum Gasteiger partial charge on any atom is -0.325 e. The number of nitrogens with two attached hydrogens (primary N) is 1. The van der Waals surface area contributed by atoms with E-state index in [0.717, 1.165) is 5.56 Å². The highest BCUT2D eigenvalue weighted by molar-refractivity contribution is 9.10. The molecule has 0 fully saturated rings. The van der Waals surface area contributed by atoms with Gasteiger partial charge in [0.2, 0.25) is 10.0 Å². The van der Waals surface area contributed by atoms with Gasteiger partial charge in [-0.2, -0.15) is 0 Å². The van der Waals surface area contributed by atoms with Crippen LogP contribution in [0.2, 0.25) is 0 Å². The fraction of sp³-hybridized carbons (Fsp3) is 0.400. The number of aryl methyl sites for hydroxylation is 1. The van der Waals surface area contributed by atoms with Gasteiger partial charge in [0, 0.05) is 4.47 Å². The maximum atomic E-state index is 12.9. The van der Waals surface area contributed by atoms with Crippen LogP contribution in [0, 0.1) is 6.92 Å². The summed E-state index contributed by atoms with van der Waals surface area (Å²) in [6.45, 7) is -0.145. The third-order valence-electron chi connectivity index (χ3n) is 2.20. The minimum atomic E-state index is -3.98. The molecule has 1 aromatic carbocycles. The van der Waals surface area contributed by atoms with E-state index in [0.29, 0.717) is 4.47 Å². The Kier molecular flexibility index (Phi) is 6.84. The number of benzene rings is 1. The molecule has 0 aliphatic heterocycles. The van der Waals surface area contributed by atoms with Crippen LogP contribution in [0.5, 0.6) is 0 Å². The molecule has 1 rings (SSSR count). The summed E-state index contributed by atoms with van der Waals surface area (Å²) >= 11 is 3.09. The van der Waals surface area contributed by atoms with Gasteiger partial charge in [-0.15, -0.1) is 12.4 Å². The molecule has 0 saturated carbocycles. The van der Waals surface area contributed by atoms with E-state index < -0.39 is 29.0 Å². The number of hydrogen-bond acceptors (Lipinski definition) is 3. The molecule has 0 aromatic heterocycles. The molecule has 110 valence electrons. The van der Waals surface area contributed by atoms with Gasteiger partial charge in [0.15, 0.2) is 0 Å². The molecule has 0 radical (unpaired) electrons. The van der Waals surface area contributed by atoms with E-state index in [4.69, 9.17) is 5.73 Å². The normalized spacial score (nSPS) is 12.1. The highest BCUT2D eigenvalue weighted by Gasteiger charge is 2.29. The van der Waals surface area contributed by atoms with Gasteiger partial charge in [0.05, 0.1) is 18.0 Å². The first-order valence-corrected chi connectivity index (χ1v) is 7.29. The zero-order valence-corrected chi connectivity index (χ0v) is 13.2. The summed E-state index contributed by atoms with van der Waals surface area (Å²) in [7, 11) is -3.98. The van der Waals surface area contributed by atoms with Crippen molar-refractivity contribution in [2.24, 2.45) is 5.73 Å². The van der Waals surface area contributed by atoms with Crippen molar-refractivity contribution in [1.29, 1.82) is 0 Å². The third-order valence-corrected chi connectivity index (χ3v) is 4.57. The minimum absolute atomic E-state index is 0. The summed E-state index contributed by atoms with van der Waals surface area (Å²) in [5.74, 6) is -3.26. The van der Waals surface area contributed by atoms with Gasteiger partial charge in [-0.3, -0.25) is 0 Å². The van der Waals surface area contributed by atoms with Crippen molar-refractivity contribution in [3.63, 3.8) is 0 Å². The summed E-state index contributed by atoms with van der Waals surface area (Å²) in [4.78, 5) is -0.0825. The van der Waals surface area contributed by atoms with Gasteiger partial charge < -0.3 is 5.73 Å². The SMILES string of the molecule is Cc1ccc(S(=O)(=O)NCC(F)(F)CN)c(Br)c1.Cl. The van der Waals surface area contributed by atoms with Crippen LogP contribution in [-0.2, 0) is 10.0 Å². The molecule has 19 heavy (non-hydrogen) atoms. The predicted molar refractivity (Wildman–Crippen MR) is 75.3 cm³/mol. The Morgan fingerprint density at radius 3 is 2.47 bits per heavy atom. The average Bonchev–Trinajstić information content (AvgIpc) is 2.26. The van der Waals surface area contributed by atoms with Gasteiger partial charge in [-0.1, -0.05) is 6.07 Å². The lowest BCUT2D eigenvalue weighted by molar-refractivity contribution is 0.0170. The molecule has 1 aromatic rings. The van der Waals surface area contributed by atoms with Crippen molar-refractivity contribution in [3.05, 3.63) is 28.2 Å².